The predicted octanol–water partition coefficient (Wildman–Crippen LogP) is 13.3. The van der Waals surface area contributed by atoms with Crippen LogP contribution in [0.2, 0.25) is 0 Å². The van der Waals surface area contributed by atoms with E-state index in [-0.39, 0.29) is 0 Å². The first kappa shape index (κ1) is 54.4. The molecule has 0 amide bonds. The first-order chi connectivity index (χ1) is 42.7. The lowest BCUT2D eigenvalue weighted by molar-refractivity contribution is 0.629. The van der Waals surface area contributed by atoms with Crippen LogP contribution in [0.1, 0.15) is 0 Å². The summed E-state index contributed by atoms with van der Waals surface area (Å²) >= 11 is 0. The molecule has 14 aromatic rings. The Labute approximate surface area is 509 Å². The molecule has 6 heteroatoms. The van der Waals surface area contributed by atoms with Gasteiger partial charge in [0.05, 0.1) is 0 Å². The highest BCUT2D eigenvalue weighted by Gasteiger charge is 2.48. The van der Waals surface area contributed by atoms with Crippen LogP contribution in [0.25, 0.3) is 32.7 Å². The molecule has 0 spiro atoms. The lowest BCUT2D eigenvalue weighted by Crippen LogP contribution is -2.75. The van der Waals surface area contributed by atoms with E-state index in [4.69, 9.17) is 9.05 Å². The van der Waals surface area contributed by atoms with E-state index >= 15 is 0 Å². The molecule has 0 N–H and O–H groups in total. The first-order valence-corrected chi connectivity index (χ1v) is 35.9. The molecule has 0 aliphatic heterocycles. The van der Waals surface area contributed by atoms with E-state index in [9.17, 15) is 0 Å². The minimum Gasteiger partial charge on any atom is -0.464 e. The zero-order valence-electron chi connectivity index (χ0n) is 47.4. The average molecular weight is 1170 g/mol. The van der Waals surface area contributed by atoms with Crippen LogP contribution in [0, 0.1) is 0 Å². The van der Waals surface area contributed by atoms with Gasteiger partial charge >= 0.3 is 0 Å². The lowest BCUT2D eigenvalue weighted by Gasteiger charge is -2.39. The van der Waals surface area contributed by atoms with Crippen molar-refractivity contribution >= 4 is 117 Å². The summed E-state index contributed by atoms with van der Waals surface area (Å²) in [5.41, 5.74) is 2.00. The second-order valence-corrected chi connectivity index (χ2v) is 32.7. The number of rotatable bonds is 17. The van der Waals surface area contributed by atoms with Crippen molar-refractivity contribution in [3.05, 3.63) is 364 Å². The van der Waals surface area contributed by atoms with E-state index < -0.39 is 32.4 Å². The van der Waals surface area contributed by atoms with E-state index in [1.807, 2.05) is 0 Å². The van der Waals surface area contributed by atoms with Crippen LogP contribution in [-0.2, 0) is 0 Å². The summed E-state index contributed by atoms with van der Waals surface area (Å²) in [4.78, 5) is 0. The van der Waals surface area contributed by atoms with Gasteiger partial charge in [-0.2, -0.15) is 0 Å². The molecular weight excluding hydrogens is 1110 g/mol. The summed E-state index contributed by atoms with van der Waals surface area (Å²) in [6.07, 6.45) is 0. The summed E-state index contributed by atoms with van der Waals surface area (Å²) in [6, 6.07) is 134. The number of fused-ring (bicyclic) bond motifs is 2. The van der Waals surface area contributed by atoms with Crippen LogP contribution in [0.5, 0.6) is 11.5 Å². The maximum Gasteiger partial charge on any atom is 0.184 e. The Morgan fingerprint density at radius 1 is 0.209 bits per heavy atom. The molecule has 0 atom stereocenters. The van der Waals surface area contributed by atoms with Gasteiger partial charge in [0.1, 0.15) is 11.5 Å². The van der Waals surface area contributed by atoms with Crippen LogP contribution in [-0.4, -0.2) is 16.1 Å². The fraction of sp³-hybridized carbons (Fsp3) is 0. The fourth-order valence-corrected chi connectivity index (χ4v) is 26.4. The van der Waals surface area contributed by atoms with Gasteiger partial charge < -0.3 is 9.05 Å². The van der Waals surface area contributed by atoms with Crippen molar-refractivity contribution in [1.82, 2.24) is 0 Å². The van der Waals surface area contributed by atoms with Crippen molar-refractivity contribution < 1.29 is 9.05 Å². The summed E-state index contributed by atoms with van der Waals surface area (Å²) in [5, 5.41) is 18.6. The Morgan fingerprint density at radius 3 is 0.640 bits per heavy atom. The average Bonchev–Trinajstić information content (AvgIpc) is 0.989. The van der Waals surface area contributed by atoms with Gasteiger partial charge in [0.15, 0.2) is 32.4 Å². The zero-order chi connectivity index (χ0) is 57.5. The molecule has 0 aromatic heterocycles. The molecule has 86 heavy (non-hydrogen) atoms. The first-order valence-electron chi connectivity index (χ1n) is 29.3. The molecule has 0 heterocycles. The van der Waals surface area contributed by atoms with Gasteiger partial charge in [0, 0.05) is 32.3 Å². The maximum atomic E-state index is 8.60. The van der Waals surface area contributed by atoms with Crippen LogP contribution in [0.15, 0.2) is 364 Å². The van der Waals surface area contributed by atoms with Crippen molar-refractivity contribution in [1.29, 1.82) is 0 Å². The van der Waals surface area contributed by atoms with E-state index in [1.54, 1.807) is 0 Å². The molecule has 0 aliphatic carbocycles. The summed E-state index contributed by atoms with van der Waals surface area (Å²) < 4.78 is 17.2. The molecule has 14 rings (SSSR count). The monoisotopic (exact) mass is 1170 g/mol. The van der Waals surface area contributed by atoms with Crippen LogP contribution in [0.3, 0.4) is 0 Å². The van der Waals surface area contributed by atoms with Gasteiger partial charge in [-0.1, -0.05) is 364 Å². The molecule has 0 saturated heterocycles. The van der Waals surface area contributed by atoms with Gasteiger partial charge in [0.2, 0.25) is 0 Å². The third-order valence-corrected chi connectivity index (χ3v) is 30.0. The molecule has 410 valence electrons. The Morgan fingerprint density at radius 2 is 0.407 bits per heavy atom. The second kappa shape index (κ2) is 24.6. The number of benzene rings is 14. The summed E-state index contributed by atoms with van der Waals surface area (Å²) in [7, 11) is -10.0. The highest BCUT2D eigenvalue weighted by atomic mass is 31.1. The molecule has 0 saturated carbocycles. The Balaban J connectivity index is 1.25. The molecular formula is C80H60O2P2Si2. The largest absolute Gasteiger partial charge is 0.464 e. The normalized spacial score (nSPS) is 11.7. The van der Waals surface area contributed by atoms with E-state index in [2.05, 4.69) is 364 Å². The van der Waals surface area contributed by atoms with Crippen molar-refractivity contribution in [2.75, 3.05) is 0 Å². The lowest BCUT2D eigenvalue weighted by atomic mass is 9.92. The fourth-order valence-electron chi connectivity index (χ4n) is 12.9. The molecule has 14 aromatic carbocycles. The highest BCUT2D eigenvalue weighted by molar-refractivity contribution is 7.69. The molecule has 0 radical (unpaired) electrons. The summed E-state index contributed by atoms with van der Waals surface area (Å²) in [6.45, 7) is 0. The Kier molecular flexibility index (Phi) is 15.6. The minimum absolute atomic E-state index is 0.841. The molecule has 0 fully saturated rings. The van der Waals surface area contributed by atoms with Crippen LogP contribution >= 0.6 is 16.3 Å². The van der Waals surface area contributed by atoms with E-state index in [1.165, 1.54) is 31.1 Å². The Bertz CT molecular complexity index is 3980. The maximum absolute atomic E-state index is 8.60. The minimum atomic E-state index is -3.47. The van der Waals surface area contributed by atoms with Gasteiger partial charge in [0.25, 0.3) is 0 Å². The standard InChI is InChI=1S/C80H60O2P2Si2/c1-11-37-63(38-12-1)83(64-39-13-2-14-40-64)81-79-75(85(67-45-19-5-20-46-67,68-47-21-6-22-48-68)69-49-23-7-24-50-69)59-61-35-31-33-57-73(61)77(79)78-74-58-34-32-36-62(74)60-76(80(78)82-84(65-41-15-3-16-42-65)66-43-17-4-18-44-66)86(70-51-25-8-26-52-70,71-53-27-9-28-54-71)72-55-29-10-30-56-72/h1-60H. The topological polar surface area (TPSA) is 18.5 Å². The summed E-state index contributed by atoms with van der Waals surface area (Å²) in [5.74, 6) is 1.68. The third-order valence-electron chi connectivity index (χ3n) is 16.6. The van der Waals surface area contributed by atoms with Crippen molar-refractivity contribution in [2.24, 2.45) is 0 Å². The molecule has 2 nitrogen and oxygen atoms in total. The predicted molar refractivity (Wildman–Crippen MR) is 374 cm³/mol. The zero-order valence-corrected chi connectivity index (χ0v) is 51.1. The van der Waals surface area contributed by atoms with Crippen molar-refractivity contribution in [3.8, 4) is 22.6 Å². The van der Waals surface area contributed by atoms with E-state index in [0.717, 1.165) is 75.8 Å². The van der Waals surface area contributed by atoms with Gasteiger partial charge in [-0.25, -0.2) is 0 Å². The number of hydrogen-bond acceptors (Lipinski definition) is 2. The molecule has 0 bridgehead atoms. The molecule has 0 aliphatic rings. The van der Waals surface area contributed by atoms with Gasteiger partial charge in [-0.05, 0) is 63.0 Å². The quantitative estimate of drug-likeness (QED) is 0.0514. The highest BCUT2D eigenvalue weighted by Crippen LogP contribution is 2.52. The molecule has 0 unspecified atom stereocenters. The Hall–Kier alpha value is -9.51. The smallest absolute Gasteiger partial charge is 0.184 e. The third kappa shape index (κ3) is 10.0. The van der Waals surface area contributed by atoms with Crippen molar-refractivity contribution in [3.63, 3.8) is 0 Å². The second-order valence-electron chi connectivity index (χ2n) is 21.5. The van der Waals surface area contributed by atoms with Gasteiger partial charge in [-0.15, -0.1) is 0 Å². The number of hydrogen-bond donors (Lipinski definition) is 0. The van der Waals surface area contributed by atoms with Crippen molar-refractivity contribution in [2.45, 2.75) is 0 Å². The SMILES string of the molecule is c1ccc(P(Oc2c([Si](c3ccccc3)(c3ccccc3)c3ccccc3)cc3ccccc3c2-c2c(OP(c3ccccc3)c3ccccc3)c([Si](c3ccccc3)(c3ccccc3)c3ccccc3)cc3ccccc23)c2ccccc2)cc1. The van der Waals surface area contributed by atoms with Gasteiger partial charge in [-0.3, -0.25) is 0 Å². The van der Waals surface area contributed by atoms with Crippen LogP contribution in [0.4, 0.5) is 0 Å². The van der Waals surface area contributed by atoms with Crippen LogP contribution < -0.4 is 71.8 Å². The van der Waals surface area contributed by atoms with E-state index in [0.29, 0.717) is 0 Å².